The molecule has 2 amide bonds. The highest BCUT2D eigenvalue weighted by molar-refractivity contribution is 6.08. The van der Waals surface area contributed by atoms with Crippen LogP contribution in [-0.4, -0.2) is 40.1 Å². The van der Waals surface area contributed by atoms with E-state index >= 15 is 0 Å². The van der Waals surface area contributed by atoms with Crippen LogP contribution in [0.4, 0.5) is 5.69 Å². The zero-order chi connectivity index (χ0) is 21.8. The van der Waals surface area contributed by atoms with E-state index in [0.29, 0.717) is 24.4 Å². The van der Waals surface area contributed by atoms with Gasteiger partial charge in [0.25, 0.3) is 5.91 Å². The Balaban J connectivity index is 1.69. The Morgan fingerprint density at radius 3 is 2.74 bits per heavy atom. The summed E-state index contributed by atoms with van der Waals surface area (Å²) in [6.07, 6.45) is 0.542. The molecule has 1 N–H and O–H groups in total. The molecule has 1 aromatic heterocycles. The molecule has 0 radical (unpaired) electrons. The highest BCUT2D eigenvalue weighted by Gasteiger charge is 2.59. The number of aryl methyl sites for hydroxylation is 2. The van der Waals surface area contributed by atoms with E-state index in [1.807, 2.05) is 60.4 Å². The Morgan fingerprint density at radius 2 is 2.00 bits per heavy atom. The lowest BCUT2D eigenvalue weighted by atomic mass is 9.72. The molecule has 0 saturated carbocycles. The molecule has 1 spiro atoms. The fraction of sp³-hybridized carbons (Fsp3) is 0.292. The van der Waals surface area contributed by atoms with E-state index in [0.717, 1.165) is 22.5 Å². The van der Waals surface area contributed by atoms with E-state index < -0.39 is 11.5 Å². The highest BCUT2D eigenvalue weighted by atomic mass is 16.5. The lowest BCUT2D eigenvalue weighted by Crippen LogP contribution is -2.43. The van der Waals surface area contributed by atoms with Gasteiger partial charge in [-0.25, -0.2) is 0 Å². The number of fused-ring (bicyclic) bond motifs is 2. The van der Waals surface area contributed by atoms with Crippen LogP contribution >= 0.6 is 0 Å². The van der Waals surface area contributed by atoms with Crippen LogP contribution in [0.25, 0.3) is 0 Å². The number of amides is 2. The minimum atomic E-state index is -0.855. The molecule has 2 aromatic carbocycles. The van der Waals surface area contributed by atoms with E-state index in [-0.39, 0.29) is 11.8 Å². The summed E-state index contributed by atoms with van der Waals surface area (Å²) in [5.74, 6) is 0.484. The molecule has 7 nitrogen and oxygen atoms in total. The molecule has 2 aliphatic rings. The zero-order valence-electron chi connectivity index (χ0n) is 17.8. The van der Waals surface area contributed by atoms with Crippen LogP contribution < -0.4 is 10.1 Å². The Hall–Kier alpha value is -3.61. The second-order valence-corrected chi connectivity index (χ2v) is 8.19. The average molecular weight is 416 g/mol. The number of para-hydroxylation sites is 1. The Labute approximate surface area is 180 Å². The van der Waals surface area contributed by atoms with Gasteiger partial charge in [-0.2, -0.15) is 5.10 Å². The Morgan fingerprint density at radius 1 is 1.19 bits per heavy atom. The van der Waals surface area contributed by atoms with E-state index in [1.165, 1.54) is 0 Å². The van der Waals surface area contributed by atoms with E-state index in [4.69, 9.17) is 4.74 Å². The first kappa shape index (κ1) is 19.4. The Bertz CT molecular complexity index is 1200. The molecule has 0 unspecified atom stereocenters. The monoisotopic (exact) mass is 416 g/mol. The second kappa shape index (κ2) is 6.97. The number of anilines is 1. The number of methoxy groups -OCH3 is 1. The van der Waals surface area contributed by atoms with Crippen molar-refractivity contribution in [2.24, 2.45) is 7.05 Å². The van der Waals surface area contributed by atoms with Gasteiger partial charge in [-0.05, 0) is 48.7 Å². The predicted molar refractivity (Wildman–Crippen MR) is 116 cm³/mol. The summed E-state index contributed by atoms with van der Waals surface area (Å²) in [5.41, 5.74) is 3.05. The standard InChI is InChI=1S/C24H24N4O3/c1-15-13-20(27(2)26-15)22(29)28-12-11-24(18-9-4-5-10-19(18)25-23(24)30)21(28)16-7-6-8-17(14-16)31-3/h4-10,13-14,21H,11-12H2,1-3H3,(H,25,30)/t21-,24+/m0/s1. The normalized spacial score (nSPS) is 22.0. The van der Waals surface area contributed by atoms with Gasteiger partial charge in [-0.3, -0.25) is 14.3 Å². The van der Waals surface area contributed by atoms with Crippen LogP contribution in [0.15, 0.2) is 54.6 Å². The van der Waals surface area contributed by atoms with E-state index in [2.05, 4.69) is 10.4 Å². The summed E-state index contributed by atoms with van der Waals surface area (Å²) in [6, 6.07) is 16.7. The minimum Gasteiger partial charge on any atom is -0.497 e. The van der Waals surface area contributed by atoms with Crippen molar-refractivity contribution in [3.8, 4) is 5.75 Å². The third-order valence-electron chi connectivity index (χ3n) is 6.48. The van der Waals surface area contributed by atoms with Crippen molar-refractivity contribution >= 4 is 17.5 Å². The lowest BCUT2D eigenvalue weighted by molar-refractivity contribution is -0.121. The van der Waals surface area contributed by atoms with Crippen molar-refractivity contribution in [3.63, 3.8) is 0 Å². The lowest BCUT2D eigenvalue weighted by Gasteiger charge is -2.34. The number of ether oxygens (including phenoxy) is 1. The Kier molecular flexibility index (Phi) is 4.36. The molecule has 1 saturated heterocycles. The van der Waals surface area contributed by atoms with E-state index in [9.17, 15) is 9.59 Å². The van der Waals surface area contributed by atoms with Gasteiger partial charge in [0, 0.05) is 19.3 Å². The highest BCUT2D eigenvalue weighted by Crippen LogP contribution is 2.55. The van der Waals surface area contributed by atoms with Crippen LogP contribution in [0, 0.1) is 6.92 Å². The van der Waals surface area contributed by atoms with Crippen molar-refractivity contribution in [2.75, 3.05) is 19.0 Å². The molecule has 31 heavy (non-hydrogen) atoms. The molecule has 1 fully saturated rings. The third-order valence-corrected chi connectivity index (χ3v) is 6.48. The van der Waals surface area contributed by atoms with Gasteiger partial charge in [-0.15, -0.1) is 0 Å². The smallest absolute Gasteiger partial charge is 0.272 e. The van der Waals surface area contributed by atoms with Gasteiger partial charge < -0.3 is 15.0 Å². The number of rotatable bonds is 3. The molecule has 3 heterocycles. The average Bonchev–Trinajstić information content (AvgIpc) is 3.42. The molecule has 158 valence electrons. The first-order chi connectivity index (χ1) is 15.0. The molecular weight excluding hydrogens is 392 g/mol. The largest absolute Gasteiger partial charge is 0.497 e. The second-order valence-electron chi connectivity index (χ2n) is 8.19. The number of hydrogen-bond acceptors (Lipinski definition) is 4. The number of hydrogen-bond donors (Lipinski definition) is 1. The molecule has 0 bridgehead atoms. The maximum atomic E-state index is 13.7. The van der Waals surface area contributed by atoms with Gasteiger partial charge in [0.1, 0.15) is 16.9 Å². The van der Waals surface area contributed by atoms with Crippen LogP contribution in [0.5, 0.6) is 5.75 Å². The summed E-state index contributed by atoms with van der Waals surface area (Å²) in [6.45, 7) is 2.33. The molecule has 2 aliphatic heterocycles. The summed E-state index contributed by atoms with van der Waals surface area (Å²) < 4.78 is 7.05. The van der Waals surface area contributed by atoms with Crippen molar-refractivity contribution < 1.29 is 14.3 Å². The number of carbonyl (C=O) groups is 2. The molecule has 0 aliphatic carbocycles. The molecule has 3 aromatic rings. The topological polar surface area (TPSA) is 76.5 Å². The summed E-state index contributed by atoms with van der Waals surface area (Å²) >= 11 is 0. The van der Waals surface area contributed by atoms with Gasteiger partial charge in [0.2, 0.25) is 5.91 Å². The van der Waals surface area contributed by atoms with Crippen molar-refractivity contribution in [1.82, 2.24) is 14.7 Å². The zero-order valence-corrected chi connectivity index (χ0v) is 17.8. The maximum absolute atomic E-state index is 13.7. The number of carbonyl (C=O) groups excluding carboxylic acids is 2. The van der Waals surface area contributed by atoms with Crippen LogP contribution in [0.2, 0.25) is 0 Å². The predicted octanol–water partition coefficient (Wildman–Crippen LogP) is 3.21. The quantitative estimate of drug-likeness (QED) is 0.711. The first-order valence-corrected chi connectivity index (χ1v) is 10.3. The first-order valence-electron chi connectivity index (χ1n) is 10.3. The summed E-state index contributed by atoms with van der Waals surface area (Å²) in [4.78, 5) is 29.0. The van der Waals surface area contributed by atoms with Crippen molar-refractivity contribution in [3.05, 3.63) is 77.1 Å². The van der Waals surface area contributed by atoms with Crippen molar-refractivity contribution in [2.45, 2.75) is 24.8 Å². The summed E-state index contributed by atoms with van der Waals surface area (Å²) in [5, 5.41) is 7.39. The van der Waals surface area contributed by atoms with Gasteiger partial charge in [-0.1, -0.05) is 30.3 Å². The van der Waals surface area contributed by atoms with Gasteiger partial charge >= 0.3 is 0 Å². The number of aromatic nitrogens is 2. The maximum Gasteiger partial charge on any atom is 0.272 e. The van der Waals surface area contributed by atoms with Gasteiger partial charge in [0.15, 0.2) is 0 Å². The molecular formula is C24H24N4O3. The minimum absolute atomic E-state index is 0.0713. The molecule has 7 heteroatoms. The summed E-state index contributed by atoms with van der Waals surface area (Å²) in [7, 11) is 3.38. The van der Waals surface area contributed by atoms with E-state index in [1.54, 1.807) is 24.9 Å². The van der Waals surface area contributed by atoms with Crippen LogP contribution in [0.3, 0.4) is 0 Å². The van der Waals surface area contributed by atoms with Crippen LogP contribution in [0.1, 0.15) is 39.8 Å². The SMILES string of the molecule is COc1cccc([C@@H]2N(C(=O)c3cc(C)nn3C)CC[C@]23C(=O)Nc2ccccc23)c1. The number of nitrogens with one attached hydrogen (secondary N) is 1. The molecule has 5 rings (SSSR count). The van der Waals surface area contributed by atoms with Gasteiger partial charge in [0.05, 0.1) is 18.8 Å². The fourth-order valence-electron chi connectivity index (χ4n) is 5.14. The number of nitrogens with zero attached hydrogens (tertiary/aromatic N) is 3. The third kappa shape index (κ3) is 2.76. The molecule has 2 atom stereocenters. The fourth-order valence-corrected chi connectivity index (χ4v) is 5.14. The number of benzene rings is 2. The van der Waals surface area contributed by atoms with Crippen molar-refractivity contribution in [1.29, 1.82) is 0 Å². The van der Waals surface area contributed by atoms with Crippen LogP contribution in [-0.2, 0) is 17.3 Å². The number of likely N-dealkylation sites (tertiary alicyclic amines) is 1.